The zero-order valence-corrected chi connectivity index (χ0v) is 11.6. The average molecular weight is 269 g/mol. The lowest BCUT2D eigenvalue weighted by Crippen LogP contribution is -2.27. The van der Waals surface area contributed by atoms with Crippen LogP contribution in [0.25, 0.3) is 0 Å². The minimum Gasteiger partial charge on any atom is -0.363 e. The van der Waals surface area contributed by atoms with Crippen molar-refractivity contribution in [1.29, 1.82) is 0 Å². The van der Waals surface area contributed by atoms with Gasteiger partial charge < -0.3 is 10.6 Å². The molecule has 0 aromatic carbocycles. The Labute approximate surface area is 111 Å². The molecule has 0 aliphatic rings. The minimum atomic E-state index is -0.443. The minimum absolute atomic E-state index is 0.00988. The van der Waals surface area contributed by atoms with Crippen LogP contribution in [0.1, 0.15) is 32.5 Å². The van der Waals surface area contributed by atoms with Crippen LogP contribution in [0.15, 0.2) is 0 Å². The molecule has 0 saturated carbocycles. The maximum absolute atomic E-state index is 11.1. The van der Waals surface area contributed by atoms with Gasteiger partial charge in [0.15, 0.2) is 0 Å². The highest BCUT2D eigenvalue weighted by Gasteiger charge is 2.25. The third kappa shape index (κ3) is 3.67. The number of nitro groups is 1. The number of carbonyl (C=O) groups excluding carboxylic acids is 1. The molecule has 0 spiro atoms. The van der Waals surface area contributed by atoms with E-state index in [1.807, 2.05) is 13.8 Å². The van der Waals surface area contributed by atoms with Crippen molar-refractivity contribution < 1.29 is 9.72 Å². The summed E-state index contributed by atoms with van der Waals surface area (Å²) in [6.07, 6.45) is 0. The molecule has 1 aromatic heterocycles. The number of aryl methyl sites for hydroxylation is 1. The molecular formula is C11H19N5O3. The van der Waals surface area contributed by atoms with Crippen LogP contribution in [-0.4, -0.2) is 33.7 Å². The first kappa shape index (κ1) is 14.9. The fourth-order valence-corrected chi connectivity index (χ4v) is 1.72. The van der Waals surface area contributed by atoms with E-state index < -0.39 is 4.92 Å². The number of hydrogen-bond acceptors (Lipinski definition) is 5. The van der Waals surface area contributed by atoms with E-state index in [0.717, 1.165) is 0 Å². The van der Waals surface area contributed by atoms with Crippen molar-refractivity contribution in [2.45, 2.75) is 33.7 Å². The first-order valence-electron chi connectivity index (χ1n) is 6.06. The molecule has 0 bridgehead atoms. The summed E-state index contributed by atoms with van der Waals surface area (Å²) >= 11 is 0. The smallest absolute Gasteiger partial charge is 0.333 e. The highest BCUT2D eigenvalue weighted by Crippen LogP contribution is 2.30. The number of nitrogens with zero attached hydrogens (tertiary/aromatic N) is 3. The predicted molar refractivity (Wildman–Crippen MR) is 71.2 cm³/mol. The Kier molecular flexibility index (Phi) is 4.85. The molecule has 1 amide bonds. The van der Waals surface area contributed by atoms with Crippen LogP contribution in [0.5, 0.6) is 0 Å². The van der Waals surface area contributed by atoms with E-state index in [1.165, 1.54) is 6.92 Å². The molecule has 0 radical (unpaired) electrons. The van der Waals surface area contributed by atoms with Gasteiger partial charge in [-0.15, -0.1) is 0 Å². The van der Waals surface area contributed by atoms with E-state index in [2.05, 4.69) is 15.7 Å². The van der Waals surface area contributed by atoms with Gasteiger partial charge in [-0.05, 0) is 20.8 Å². The Balaban J connectivity index is 2.89. The maximum Gasteiger partial charge on any atom is 0.333 e. The Hall–Kier alpha value is -2.12. The van der Waals surface area contributed by atoms with Gasteiger partial charge in [0.05, 0.1) is 4.92 Å². The normalized spacial score (nSPS) is 10.6. The SMILES string of the molecule is CC(=O)NCCNc1c([N+](=O)[O-])c(C)nn1C(C)C. The van der Waals surface area contributed by atoms with E-state index in [0.29, 0.717) is 24.6 Å². The number of amides is 1. The molecule has 1 heterocycles. The number of rotatable bonds is 6. The van der Waals surface area contributed by atoms with Crippen LogP contribution in [0.2, 0.25) is 0 Å². The van der Waals surface area contributed by atoms with Crippen molar-refractivity contribution in [3.8, 4) is 0 Å². The number of nitrogens with one attached hydrogen (secondary N) is 2. The second-order valence-electron chi connectivity index (χ2n) is 4.49. The summed E-state index contributed by atoms with van der Waals surface area (Å²) in [5.74, 6) is 0.243. The van der Waals surface area contributed by atoms with Gasteiger partial charge in [-0.25, -0.2) is 4.68 Å². The van der Waals surface area contributed by atoms with Crippen molar-refractivity contribution in [2.75, 3.05) is 18.4 Å². The van der Waals surface area contributed by atoms with E-state index in [9.17, 15) is 14.9 Å². The van der Waals surface area contributed by atoms with Crippen LogP contribution >= 0.6 is 0 Å². The van der Waals surface area contributed by atoms with Crippen molar-refractivity contribution in [3.05, 3.63) is 15.8 Å². The summed E-state index contributed by atoms with van der Waals surface area (Å²) in [5, 5.41) is 20.8. The van der Waals surface area contributed by atoms with E-state index >= 15 is 0 Å². The third-order valence-corrected chi connectivity index (χ3v) is 2.52. The van der Waals surface area contributed by atoms with E-state index in [4.69, 9.17) is 0 Å². The molecule has 8 heteroatoms. The lowest BCUT2D eigenvalue weighted by molar-refractivity contribution is -0.384. The van der Waals surface area contributed by atoms with Gasteiger partial charge in [0, 0.05) is 26.1 Å². The third-order valence-electron chi connectivity index (χ3n) is 2.52. The largest absolute Gasteiger partial charge is 0.363 e. The second-order valence-corrected chi connectivity index (χ2v) is 4.49. The lowest BCUT2D eigenvalue weighted by atomic mass is 10.3. The maximum atomic E-state index is 11.1. The monoisotopic (exact) mass is 269 g/mol. The van der Waals surface area contributed by atoms with E-state index in [-0.39, 0.29) is 17.6 Å². The molecule has 0 fully saturated rings. The van der Waals surface area contributed by atoms with Crippen LogP contribution < -0.4 is 10.6 Å². The van der Waals surface area contributed by atoms with Gasteiger partial charge in [-0.3, -0.25) is 14.9 Å². The predicted octanol–water partition coefficient (Wildman–Crippen LogP) is 1.23. The summed E-state index contributed by atoms with van der Waals surface area (Å²) in [4.78, 5) is 21.4. The van der Waals surface area contributed by atoms with Gasteiger partial charge in [-0.1, -0.05) is 0 Å². The molecule has 0 unspecified atom stereocenters. The second kappa shape index (κ2) is 6.17. The molecule has 106 valence electrons. The Morgan fingerprint density at radius 2 is 2.11 bits per heavy atom. The molecule has 2 N–H and O–H groups in total. The van der Waals surface area contributed by atoms with Gasteiger partial charge >= 0.3 is 5.69 Å². The summed E-state index contributed by atoms with van der Waals surface area (Å²) in [7, 11) is 0. The Bertz CT molecular complexity index is 481. The van der Waals surface area contributed by atoms with Gasteiger partial charge in [0.2, 0.25) is 11.7 Å². The first-order chi connectivity index (χ1) is 8.84. The van der Waals surface area contributed by atoms with Crippen LogP contribution in [0, 0.1) is 17.0 Å². The Morgan fingerprint density at radius 3 is 2.58 bits per heavy atom. The van der Waals surface area contributed by atoms with Crippen LogP contribution in [0.4, 0.5) is 11.5 Å². The number of hydrogen-bond donors (Lipinski definition) is 2. The van der Waals surface area contributed by atoms with Crippen LogP contribution in [0.3, 0.4) is 0 Å². The first-order valence-corrected chi connectivity index (χ1v) is 6.06. The molecule has 0 aliphatic heterocycles. The molecule has 8 nitrogen and oxygen atoms in total. The lowest BCUT2D eigenvalue weighted by Gasteiger charge is -2.11. The fraction of sp³-hybridized carbons (Fsp3) is 0.636. The molecule has 19 heavy (non-hydrogen) atoms. The summed E-state index contributed by atoms with van der Waals surface area (Å²) in [6.45, 7) is 7.62. The van der Waals surface area contributed by atoms with Crippen molar-refractivity contribution in [2.24, 2.45) is 0 Å². The fourth-order valence-electron chi connectivity index (χ4n) is 1.72. The number of anilines is 1. The highest BCUT2D eigenvalue weighted by atomic mass is 16.6. The van der Waals surface area contributed by atoms with Crippen molar-refractivity contribution in [3.63, 3.8) is 0 Å². The topological polar surface area (TPSA) is 102 Å². The summed E-state index contributed by atoms with van der Waals surface area (Å²) in [6, 6.07) is 0.00988. The zero-order valence-electron chi connectivity index (χ0n) is 11.6. The standard InChI is InChI=1S/C11H19N5O3/c1-7(2)15-11(13-6-5-12-9(4)17)10(16(18)19)8(3)14-15/h7,13H,5-6H2,1-4H3,(H,12,17). The molecule has 0 aliphatic carbocycles. The molecule has 0 atom stereocenters. The summed E-state index contributed by atoms with van der Waals surface area (Å²) in [5.41, 5.74) is 0.359. The van der Waals surface area contributed by atoms with Crippen LogP contribution in [-0.2, 0) is 4.79 Å². The Morgan fingerprint density at radius 1 is 1.47 bits per heavy atom. The summed E-state index contributed by atoms with van der Waals surface area (Å²) < 4.78 is 1.58. The molecule has 0 saturated heterocycles. The zero-order chi connectivity index (χ0) is 14.6. The molecular weight excluding hydrogens is 250 g/mol. The van der Waals surface area contributed by atoms with E-state index in [1.54, 1.807) is 11.6 Å². The van der Waals surface area contributed by atoms with Crippen molar-refractivity contribution in [1.82, 2.24) is 15.1 Å². The van der Waals surface area contributed by atoms with Gasteiger partial charge in [0.25, 0.3) is 0 Å². The van der Waals surface area contributed by atoms with Crippen molar-refractivity contribution >= 4 is 17.4 Å². The van der Waals surface area contributed by atoms with Gasteiger partial charge in [0.1, 0.15) is 5.69 Å². The molecule has 1 aromatic rings. The quantitative estimate of drug-likeness (QED) is 0.459. The number of carbonyl (C=O) groups is 1. The number of aromatic nitrogens is 2. The van der Waals surface area contributed by atoms with Gasteiger partial charge in [-0.2, -0.15) is 5.10 Å². The average Bonchev–Trinajstić information content (AvgIpc) is 2.61. The molecule has 1 rings (SSSR count). The highest BCUT2D eigenvalue weighted by molar-refractivity contribution is 5.72.